The van der Waals surface area contributed by atoms with E-state index in [1.807, 2.05) is 36.4 Å². The molecule has 3 rings (SSSR count). The lowest BCUT2D eigenvalue weighted by atomic mass is 10.1. The summed E-state index contributed by atoms with van der Waals surface area (Å²) in [5.74, 6) is 0.407. The van der Waals surface area contributed by atoms with E-state index >= 15 is 0 Å². The van der Waals surface area contributed by atoms with Crippen molar-refractivity contribution in [1.29, 1.82) is 0 Å². The van der Waals surface area contributed by atoms with Gasteiger partial charge in [-0.25, -0.2) is 4.98 Å². The lowest BCUT2D eigenvalue weighted by Crippen LogP contribution is -2.25. The second-order valence-electron chi connectivity index (χ2n) is 5.00. The van der Waals surface area contributed by atoms with Gasteiger partial charge >= 0.3 is 0 Å². The van der Waals surface area contributed by atoms with E-state index in [9.17, 15) is 4.79 Å². The number of carbonyl (C=O) groups is 1. The number of nitrogens with two attached hydrogens (primary N) is 1. The molecule has 0 saturated carbocycles. The van der Waals surface area contributed by atoms with Crippen LogP contribution in [0.25, 0.3) is 10.9 Å². The minimum Gasteiger partial charge on any atom is -0.368 e. The minimum absolute atomic E-state index is 0.374. The Morgan fingerprint density at radius 3 is 2.90 bits per heavy atom. The van der Waals surface area contributed by atoms with Crippen molar-refractivity contribution in [2.24, 2.45) is 5.73 Å². The van der Waals surface area contributed by atoms with Crippen molar-refractivity contribution in [2.45, 2.75) is 19.4 Å². The first-order valence-corrected chi connectivity index (χ1v) is 6.81. The van der Waals surface area contributed by atoms with Gasteiger partial charge in [0.05, 0.1) is 5.52 Å². The van der Waals surface area contributed by atoms with E-state index in [0.29, 0.717) is 6.42 Å². The van der Waals surface area contributed by atoms with Gasteiger partial charge in [0.25, 0.3) is 0 Å². The van der Waals surface area contributed by atoms with Gasteiger partial charge in [-0.05, 0) is 19.1 Å². The summed E-state index contributed by atoms with van der Waals surface area (Å²) < 4.78 is 1.79. The minimum atomic E-state index is -0.414. The fraction of sp³-hybridized carbons (Fsp3) is 0.188. The lowest BCUT2D eigenvalue weighted by molar-refractivity contribution is -0.120. The Bertz CT molecular complexity index is 794. The van der Waals surface area contributed by atoms with Crippen LogP contribution in [0.1, 0.15) is 24.5 Å². The maximum absolute atomic E-state index is 11.3. The van der Waals surface area contributed by atoms with Crippen LogP contribution in [0.2, 0.25) is 0 Å². The van der Waals surface area contributed by atoms with Crippen LogP contribution in [-0.2, 0) is 11.2 Å². The molecule has 1 atom stereocenters. The molecule has 0 radical (unpaired) electrons. The standard InChI is InChI=1S/C16H16N4O/c1-11(16(17)21)20-9-8-18-15(20)10-13-7-6-12-4-2-3-5-14(12)19-13/h2-9,11H,10H2,1H3,(H2,17,21). The van der Waals surface area contributed by atoms with E-state index in [-0.39, 0.29) is 5.91 Å². The van der Waals surface area contributed by atoms with Crippen LogP contribution in [0.15, 0.2) is 48.8 Å². The number of imidazole rings is 1. The third kappa shape index (κ3) is 2.63. The molecule has 0 saturated heterocycles. The number of amides is 1. The van der Waals surface area contributed by atoms with Crippen molar-refractivity contribution in [2.75, 3.05) is 0 Å². The predicted molar refractivity (Wildman–Crippen MR) is 80.7 cm³/mol. The molecule has 1 aromatic carbocycles. The van der Waals surface area contributed by atoms with Crippen molar-refractivity contribution in [1.82, 2.24) is 14.5 Å². The van der Waals surface area contributed by atoms with Gasteiger partial charge in [-0.15, -0.1) is 0 Å². The zero-order valence-corrected chi connectivity index (χ0v) is 11.7. The maximum Gasteiger partial charge on any atom is 0.240 e. The first-order valence-electron chi connectivity index (χ1n) is 6.81. The number of para-hydroxylation sites is 1. The second-order valence-corrected chi connectivity index (χ2v) is 5.00. The first kappa shape index (κ1) is 13.3. The number of rotatable bonds is 4. The predicted octanol–water partition coefficient (Wildman–Crippen LogP) is 2.07. The van der Waals surface area contributed by atoms with Gasteiger partial charge in [0.15, 0.2) is 0 Å². The Kier molecular flexibility index (Phi) is 3.39. The average Bonchev–Trinajstić information content (AvgIpc) is 2.94. The monoisotopic (exact) mass is 280 g/mol. The van der Waals surface area contributed by atoms with E-state index < -0.39 is 6.04 Å². The zero-order chi connectivity index (χ0) is 14.8. The molecule has 106 valence electrons. The summed E-state index contributed by atoms with van der Waals surface area (Å²) in [4.78, 5) is 20.3. The van der Waals surface area contributed by atoms with E-state index in [2.05, 4.69) is 9.97 Å². The van der Waals surface area contributed by atoms with Crippen molar-refractivity contribution >= 4 is 16.8 Å². The molecule has 0 aliphatic heterocycles. The molecular weight excluding hydrogens is 264 g/mol. The summed E-state index contributed by atoms with van der Waals surface area (Å²) in [6, 6.07) is 11.6. The largest absolute Gasteiger partial charge is 0.368 e. The summed E-state index contributed by atoms with van der Waals surface area (Å²) >= 11 is 0. The van der Waals surface area contributed by atoms with Gasteiger partial charge in [0.2, 0.25) is 5.91 Å². The molecule has 21 heavy (non-hydrogen) atoms. The maximum atomic E-state index is 11.3. The average molecular weight is 280 g/mol. The van der Waals surface area contributed by atoms with E-state index in [1.54, 1.807) is 23.9 Å². The van der Waals surface area contributed by atoms with Crippen molar-refractivity contribution < 1.29 is 4.79 Å². The Morgan fingerprint density at radius 1 is 1.29 bits per heavy atom. The summed E-state index contributed by atoms with van der Waals surface area (Å²) in [6.45, 7) is 1.77. The number of carbonyl (C=O) groups excluding carboxylic acids is 1. The van der Waals surface area contributed by atoms with Gasteiger partial charge in [-0.2, -0.15) is 0 Å². The summed E-state index contributed by atoms with van der Waals surface area (Å²) in [7, 11) is 0. The molecule has 3 aromatic rings. The number of hydrogen-bond donors (Lipinski definition) is 1. The SMILES string of the molecule is CC(C(N)=O)n1ccnc1Cc1ccc2ccccc2n1. The van der Waals surface area contributed by atoms with Crippen molar-refractivity contribution in [3.8, 4) is 0 Å². The van der Waals surface area contributed by atoms with Crippen LogP contribution in [0, 0.1) is 0 Å². The quantitative estimate of drug-likeness (QED) is 0.795. The molecule has 2 heterocycles. The van der Waals surface area contributed by atoms with Crippen molar-refractivity contribution in [3.63, 3.8) is 0 Å². The number of benzene rings is 1. The smallest absolute Gasteiger partial charge is 0.240 e. The van der Waals surface area contributed by atoms with Crippen LogP contribution in [-0.4, -0.2) is 20.4 Å². The van der Waals surface area contributed by atoms with Crippen LogP contribution in [0.3, 0.4) is 0 Å². The highest BCUT2D eigenvalue weighted by Crippen LogP contribution is 2.16. The van der Waals surface area contributed by atoms with Gasteiger partial charge in [0.1, 0.15) is 11.9 Å². The molecule has 5 heteroatoms. The Balaban J connectivity index is 1.92. The normalized spacial score (nSPS) is 12.4. The Morgan fingerprint density at radius 2 is 2.10 bits per heavy atom. The molecule has 0 aliphatic carbocycles. The van der Waals surface area contributed by atoms with Gasteiger partial charge in [-0.3, -0.25) is 9.78 Å². The number of primary amides is 1. The van der Waals surface area contributed by atoms with Gasteiger partial charge in [0, 0.05) is 29.9 Å². The number of nitrogens with zero attached hydrogens (tertiary/aromatic N) is 3. The van der Waals surface area contributed by atoms with Crippen LogP contribution in [0.4, 0.5) is 0 Å². The molecule has 1 amide bonds. The molecule has 0 spiro atoms. The van der Waals surface area contributed by atoms with Gasteiger partial charge in [-0.1, -0.05) is 24.3 Å². The molecule has 2 N–H and O–H groups in total. The molecule has 5 nitrogen and oxygen atoms in total. The van der Waals surface area contributed by atoms with E-state index in [4.69, 9.17) is 5.73 Å². The van der Waals surface area contributed by atoms with Crippen LogP contribution < -0.4 is 5.73 Å². The van der Waals surface area contributed by atoms with Gasteiger partial charge < -0.3 is 10.3 Å². The number of hydrogen-bond acceptors (Lipinski definition) is 3. The van der Waals surface area contributed by atoms with Crippen molar-refractivity contribution in [3.05, 3.63) is 60.3 Å². The number of pyridine rings is 1. The Labute approximate surface area is 122 Å². The highest BCUT2D eigenvalue weighted by molar-refractivity contribution is 5.78. The zero-order valence-electron chi connectivity index (χ0n) is 11.7. The van der Waals surface area contributed by atoms with Crippen LogP contribution in [0.5, 0.6) is 0 Å². The summed E-state index contributed by atoms with van der Waals surface area (Å²) in [5.41, 5.74) is 7.23. The third-order valence-electron chi connectivity index (χ3n) is 3.57. The molecule has 0 fully saturated rings. The molecule has 1 unspecified atom stereocenters. The van der Waals surface area contributed by atoms with E-state index in [0.717, 1.165) is 22.4 Å². The second kappa shape index (κ2) is 5.36. The molecule has 0 bridgehead atoms. The van der Waals surface area contributed by atoms with E-state index in [1.165, 1.54) is 0 Å². The fourth-order valence-electron chi connectivity index (χ4n) is 2.34. The molecule has 0 aliphatic rings. The topological polar surface area (TPSA) is 73.8 Å². The highest BCUT2D eigenvalue weighted by Gasteiger charge is 2.15. The molecular formula is C16H16N4O. The highest BCUT2D eigenvalue weighted by atomic mass is 16.1. The fourth-order valence-corrected chi connectivity index (χ4v) is 2.34. The molecule has 2 aromatic heterocycles. The summed E-state index contributed by atoms with van der Waals surface area (Å²) in [5, 5.41) is 1.11. The summed E-state index contributed by atoms with van der Waals surface area (Å²) in [6.07, 6.45) is 4.01. The Hall–Kier alpha value is -2.69. The lowest BCUT2D eigenvalue weighted by Gasteiger charge is -2.12. The number of aromatic nitrogens is 3. The number of fused-ring (bicyclic) bond motifs is 1. The third-order valence-corrected chi connectivity index (χ3v) is 3.57. The first-order chi connectivity index (χ1) is 10.1. The van der Waals surface area contributed by atoms with Crippen LogP contribution >= 0.6 is 0 Å².